The monoisotopic (exact) mass is 205 g/mol. The Bertz CT molecular complexity index is 398. The van der Waals surface area contributed by atoms with Gasteiger partial charge in [0.2, 0.25) is 11.8 Å². The first-order valence-corrected chi connectivity index (χ1v) is 4.66. The zero-order valence-corrected chi connectivity index (χ0v) is 8.06. The van der Waals surface area contributed by atoms with Crippen LogP contribution in [0.2, 0.25) is 0 Å². The molecule has 0 spiro atoms. The molecule has 0 bridgehead atoms. The number of carbonyl (C=O) groups excluding carboxylic acids is 2. The lowest BCUT2D eigenvalue weighted by atomic mass is 10.1. The van der Waals surface area contributed by atoms with E-state index in [0.717, 1.165) is 0 Å². The second-order valence-corrected chi connectivity index (χ2v) is 3.64. The van der Waals surface area contributed by atoms with E-state index in [0.29, 0.717) is 18.5 Å². The van der Waals surface area contributed by atoms with E-state index in [1.165, 1.54) is 6.20 Å². The van der Waals surface area contributed by atoms with Crippen molar-refractivity contribution in [2.24, 2.45) is 11.1 Å². The summed E-state index contributed by atoms with van der Waals surface area (Å²) < 4.78 is 0. The van der Waals surface area contributed by atoms with E-state index in [9.17, 15) is 9.59 Å². The number of anilines is 1. The first kappa shape index (κ1) is 9.64. The number of rotatable bonds is 3. The van der Waals surface area contributed by atoms with Gasteiger partial charge in [-0.25, -0.2) is 0 Å². The van der Waals surface area contributed by atoms with Crippen molar-refractivity contribution < 1.29 is 9.59 Å². The maximum absolute atomic E-state index is 11.7. The third kappa shape index (κ3) is 1.68. The highest BCUT2D eigenvalue weighted by molar-refractivity contribution is 6.12. The largest absolute Gasteiger partial charge is 0.369 e. The minimum absolute atomic E-state index is 0.331. The summed E-state index contributed by atoms with van der Waals surface area (Å²) in [5.41, 5.74) is 4.77. The molecule has 0 saturated heterocycles. The molecule has 0 atom stereocenters. The summed E-state index contributed by atoms with van der Waals surface area (Å²) in [5.74, 6) is -0.883. The molecule has 1 saturated carbocycles. The van der Waals surface area contributed by atoms with Gasteiger partial charge in [-0.1, -0.05) is 0 Å². The maximum atomic E-state index is 11.7. The molecule has 0 radical (unpaired) electrons. The first-order chi connectivity index (χ1) is 7.15. The van der Waals surface area contributed by atoms with E-state index >= 15 is 0 Å². The number of hydrogen-bond donors (Lipinski definition) is 2. The van der Waals surface area contributed by atoms with Gasteiger partial charge in [0.1, 0.15) is 5.41 Å². The number of primary amides is 1. The Kier molecular flexibility index (Phi) is 2.15. The van der Waals surface area contributed by atoms with E-state index in [4.69, 9.17) is 5.73 Å². The summed E-state index contributed by atoms with van der Waals surface area (Å²) in [6, 6.07) is 3.42. The Morgan fingerprint density at radius 3 is 2.67 bits per heavy atom. The van der Waals surface area contributed by atoms with Crippen LogP contribution in [-0.4, -0.2) is 16.8 Å². The summed E-state index contributed by atoms with van der Waals surface area (Å²) in [7, 11) is 0. The topological polar surface area (TPSA) is 85.1 Å². The fourth-order valence-corrected chi connectivity index (χ4v) is 1.40. The molecule has 1 aliphatic rings. The Hall–Kier alpha value is -1.91. The van der Waals surface area contributed by atoms with Crippen LogP contribution in [0.4, 0.5) is 5.69 Å². The second kappa shape index (κ2) is 3.34. The summed E-state index contributed by atoms with van der Waals surface area (Å²) in [6.45, 7) is 0. The van der Waals surface area contributed by atoms with Gasteiger partial charge in [0.05, 0.1) is 11.9 Å². The van der Waals surface area contributed by atoms with Gasteiger partial charge in [-0.05, 0) is 25.0 Å². The minimum Gasteiger partial charge on any atom is -0.369 e. The summed E-state index contributed by atoms with van der Waals surface area (Å²) in [5, 5.41) is 2.62. The number of carbonyl (C=O) groups is 2. The third-order valence-corrected chi connectivity index (χ3v) is 2.58. The normalized spacial score (nSPS) is 16.8. The molecule has 3 N–H and O–H groups in total. The highest BCUT2D eigenvalue weighted by Gasteiger charge is 2.55. The minimum atomic E-state index is -0.976. The molecule has 1 fully saturated rings. The molecule has 1 heterocycles. The SMILES string of the molecule is NC(=O)C1(C(=O)Nc2cccnc2)CC1. The first-order valence-electron chi connectivity index (χ1n) is 4.66. The van der Waals surface area contributed by atoms with Crippen molar-refractivity contribution >= 4 is 17.5 Å². The van der Waals surface area contributed by atoms with E-state index < -0.39 is 11.3 Å². The Balaban J connectivity index is 2.08. The third-order valence-electron chi connectivity index (χ3n) is 2.58. The lowest BCUT2D eigenvalue weighted by Crippen LogP contribution is -2.36. The Morgan fingerprint density at radius 2 is 2.20 bits per heavy atom. The molecule has 2 amide bonds. The average Bonchev–Trinajstić information content (AvgIpc) is 2.99. The van der Waals surface area contributed by atoms with Gasteiger partial charge in [0.15, 0.2) is 0 Å². The van der Waals surface area contributed by atoms with E-state index in [1.54, 1.807) is 18.3 Å². The van der Waals surface area contributed by atoms with Crippen molar-refractivity contribution in [1.82, 2.24) is 4.98 Å². The van der Waals surface area contributed by atoms with E-state index in [1.807, 2.05) is 0 Å². The van der Waals surface area contributed by atoms with E-state index in [-0.39, 0.29) is 5.91 Å². The van der Waals surface area contributed by atoms with Crippen LogP contribution < -0.4 is 11.1 Å². The zero-order valence-electron chi connectivity index (χ0n) is 8.06. The van der Waals surface area contributed by atoms with Crippen LogP contribution in [0.5, 0.6) is 0 Å². The highest BCUT2D eigenvalue weighted by Crippen LogP contribution is 2.46. The fraction of sp³-hybridized carbons (Fsp3) is 0.300. The highest BCUT2D eigenvalue weighted by atomic mass is 16.2. The molecule has 15 heavy (non-hydrogen) atoms. The maximum Gasteiger partial charge on any atom is 0.240 e. The fourth-order valence-electron chi connectivity index (χ4n) is 1.40. The summed E-state index contributed by atoms with van der Waals surface area (Å²) in [4.78, 5) is 26.6. The molecule has 5 heteroatoms. The van der Waals surface area contributed by atoms with Gasteiger partial charge in [-0.15, -0.1) is 0 Å². The number of nitrogens with zero attached hydrogens (tertiary/aromatic N) is 1. The molecule has 1 aliphatic carbocycles. The van der Waals surface area contributed by atoms with Gasteiger partial charge >= 0.3 is 0 Å². The Morgan fingerprint density at radius 1 is 1.47 bits per heavy atom. The number of nitrogens with one attached hydrogen (secondary N) is 1. The molecule has 0 aromatic carbocycles. The number of pyridine rings is 1. The quantitative estimate of drug-likeness (QED) is 0.695. The van der Waals surface area contributed by atoms with Crippen LogP contribution in [0.25, 0.3) is 0 Å². The second-order valence-electron chi connectivity index (χ2n) is 3.64. The van der Waals surface area contributed by atoms with Crippen molar-refractivity contribution in [2.75, 3.05) is 5.32 Å². The van der Waals surface area contributed by atoms with Gasteiger partial charge in [-0.2, -0.15) is 0 Å². The standard InChI is InChI=1S/C10H11N3O2/c11-8(14)10(3-4-10)9(15)13-7-2-1-5-12-6-7/h1-2,5-6H,3-4H2,(H2,11,14)(H,13,15). The molecule has 2 rings (SSSR count). The van der Waals surface area contributed by atoms with Crippen LogP contribution in [0.15, 0.2) is 24.5 Å². The predicted molar refractivity (Wildman–Crippen MR) is 53.7 cm³/mol. The van der Waals surface area contributed by atoms with Gasteiger partial charge in [0, 0.05) is 6.20 Å². The van der Waals surface area contributed by atoms with Crippen molar-refractivity contribution in [3.05, 3.63) is 24.5 Å². The number of nitrogens with two attached hydrogens (primary N) is 1. The number of amides is 2. The number of aromatic nitrogens is 1. The Labute approximate surface area is 86.7 Å². The molecule has 5 nitrogen and oxygen atoms in total. The van der Waals surface area contributed by atoms with Crippen molar-refractivity contribution in [1.29, 1.82) is 0 Å². The van der Waals surface area contributed by atoms with Crippen molar-refractivity contribution in [3.63, 3.8) is 0 Å². The molecular weight excluding hydrogens is 194 g/mol. The van der Waals surface area contributed by atoms with Gasteiger partial charge in [0.25, 0.3) is 0 Å². The van der Waals surface area contributed by atoms with Crippen LogP contribution >= 0.6 is 0 Å². The number of hydrogen-bond acceptors (Lipinski definition) is 3. The summed E-state index contributed by atoms with van der Waals surface area (Å²) >= 11 is 0. The van der Waals surface area contributed by atoms with Crippen molar-refractivity contribution in [3.8, 4) is 0 Å². The zero-order chi connectivity index (χ0) is 10.9. The lowest BCUT2D eigenvalue weighted by Gasteiger charge is -2.10. The molecule has 0 aliphatic heterocycles. The molecule has 1 aromatic rings. The van der Waals surface area contributed by atoms with E-state index in [2.05, 4.69) is 10.3 Å². The molecule has 78 valence electrons. The molecule has 0 unspecified atom stereocenters. The average molecular weight is 205 g/mol. The van der Waals surface area contributed by atoms with Crippen LogP contribution in [0.1, 0.15) is 12.8 Å². The van der Waals surface area contributed by atoms with Gasteiger partial charge < -0.3 is 11.1 Å². The van der Waals surface area contributed by atoms with Gasteiger partial charge in [-0.3, -0.25) is 14.6 Å². The molecular formula is C10H11N3O2. The molecule has 1 aromatic heterocycles. The van der Waals surface area contributed by atoms with Crippen LogP contribution in [-0.2, 0) is 9.59 Å². The van der Waals surface area contributed by atoms with Crippen LogP contribution in [0, 0.1) is 5.41 Å². The smallest absolute Gasteiger partial charge is 0.240 e. The lowest BCUT2D eigenvalue weighted by molar-refractivity contribution is -0.132. The van der Waals surface area contributed by atoms with Crippen molar-refractivity contribution in [2.45, 2.75) is 12.8 Å². The summed E-state index contributed by atoms with van der Waals surface area (Å²) in [6.07, 6.45) is 4.20. The predicted octanol–water partition coefficient (Wildman–Crippen LogP) is 0.286. The van der Waals surface area contributed by atoms with Crippen LogP contribution in [0.3, 0.4) is 0 Å².